The Kier molecular flexibility index (Phi) is 9.51. The molecule has 4 aromatic rings. The summed E-state index contributed by atoms with van der Waals surface area (Å²) < 4.78 is 16.9. The average Bonchev–Trinajstić information content (AvgIpc) is 2.97. The second-order valence-corrected chi connectivity index (χ2v) is 9.46. The molecule has 0 aromatic heterocycles. The number of rotatable bonds is 9. The van der Waals surface area contributed by atoms with Crippen LogP contribution in [0.15, 0.2) is 88.9 Å². The number of ether oxygens (including phenoxy) is 3. The molecule has 8 nitrogen and oxygen atoms in total. The normalized spacial score (nSPS) is 10.9. The van der Waals surface area contributed by atoms with Crippen LogP contribution in [0.3, 0.4) is 0 Å². The molecule has 0 fully saturated rings. The molecule has 206 valence electrons. The van der Waals surface area contributed by atoms with E-state index in [0.29, 0.717) is 26.9 Å². The van der Waals surface area contributed by atoms with Gasteiger partial charge in [0, 0.05) is 5.69 Å². The van der Waals surface area contributed by atoms with Crippen LogP contribution in [0.5, 0.6) is 11.5 Å². The van der Waals surface area contributed by atoms with Crippen LogP contribution in [0.2, 0.25) is 0 Å². The Balaban J connectivity index is 1.57. The minimum absolute atomic E-state index is 0.172. The Labute approximate surface area is 245 Å². The molecule has 1 amide bonds. The van der Waals surface area contributed by atoms with Crippen LogP contribution in [-0.4, -0.2) is 31.1 Å². The first-order valence-electron chi connectivity index (χ1n) is 12.7. The lowest BCUT2D eigenvalue weighted by Gasteiger charge is -2.14. The van der Waals surface area contributed by atoms with E-state index in [-0.39, 0.29) is 30.3 Å². The number of benzene rings is 4. The average molecular weight is 613 g/mol. The topological polar surface area (TPSA) is 115 Å². The zero-order chi connectivity index (χ0) is 29.4. The first kappa shape index (κ1) is 29.1. The van der Waals surface area contributed by atoms with Crippen LogP contribution < -0.4 is 14.8 Å². The fraction of sp³-hybridized carbons (Fsp3) is 0.125. The number of carbonyl (C=O) groups excluding carboxylic acids is 3. The van der Waals surface area contributed by atoms with Crippen LogP contribution >= 0.6 is 15.9 Å². The molecule has 9 heteroatoms. The maximum absolute atomic E-state index is 13.2. The number of amides is 1. The van der Waals surface area contributed by atoms with E-state index in [4.69, 9.17) is 14.2 Å². The fourth-order valence-corrected chi connectivity index (χ4v) is 4.54. The van der Waals surface area contributed by atoms with Crippen molar-refractivity contribution in [1.82, 2.24) is 0 Å². The van der Waals surface area contributed by atoms with E-state index in [1.165, 1.54) is 18.2 Å². The van der Waals surface area contributed by atoms with E-state index in [1.807, 2.05) is 36.4 Å². The number of nitriles is 1. The summed E-state index contributed by atoms with van der Waals surface area (Å²) in [7, 11) is 0. The van der Waals surface area contributed by atoms with Crippen LogP contribution in [0, 0.1) is 11.3 Å². The maximum atomic E-state index is 13.2. The van der Waals surface area contributed by atoms with Crippen molar-refractivity contribution in [1.29, 1.82) is 5.26 Å². The van der Waals surface area contributed by atoms with E-state index >= 15 is 0 Å². The van der Waals surface area contributed by atoms with Crippen LogP contribution in [0.1, 0.15) is 40.1 Å². The van der Waals surface area contributed by atoms with Crippen molar-refractivity contribution in [3.63, 3.8) is 0 Å². The molecular weight excluding hydrogens is 588 g/mol. The van der Waals surface area contributed by atoms with Crippen molar-refractivity contribution >= 4 is 56.3 Å². The molecule has 0 aliphatic heterocycles. The summed E-state index contributed by atoms with van der Waals surface area (Å²) in [5, 5.41) is 14.0. The number of hydrogen-bond donors (Lipinski definition) is 1. The van der Waals surface area contributed by atoms with Gasteiger partial charge >= 0.3 is 11.9 Å². The Hall–Kier alpha value is -4.94. The fourth-order valence-electron chi connectivity index (χ4n) is 4.00. The SMILES string of the molecule is CCOC(=O)c1ccc(NC(=O)/C(C#N)=C/c2cc(Br)c(OC(=O)c3cccc4ccccc34)c(OCC)c2)cc1. The second-order valence-electron chi connectivity index (χ2n) is 8.60. The van der Waals surface area contributed by atoms with Gasteiger partial charge in [0.05, 0.1) is 28.8 Å². The van der Waals surface area contributed by atoms with Crippen molar-refractivity contribution in [2.75, 3.05) is 18.5 Å². The van der Waals surface area contributed by atoms with Crippen molar-refractivity contribution < 1.29 is 28.6 Å². The summed E-state index contributed by atoms with van der Waals surface area (Å²) >= 11 is 3.44. The highest BCUT2D eigenvalue weighted by Crippen LogP contribution is 2.38. The highest BCUT2D eigenvalue weighted by atomic mass is 79.9. The van der Waals surface area contributed by atoms with Gasteiger partial charge in [-0.05, 0) is 94.7 Å². The highest BCUT2D eigenvalue weighted by molar-refractivity contribution is 9.10. The van der Waals surface area contributed by atoms with Gasteiger partial charge in [0.15, 0.2) is 11.5 Å². The molecule has 0 aliphatic carbocycles. The van der Waals surface area contributed by atoms with Gasteiger partial charge in [-0.15, -0.1) is 0 Å². The van der Waals surface area contributed by atoms with Crippen LogP contribution in [0.4, 0.5) is 5.69 Å². The Morgan fingerprint density at radius 1 is 0.927 bits per heavy atom. The van der Waals surface area contributed by atoms with E-state index in [9.17, 15) is 19.6 Å². The quantitative estimate of drug-likeness (QED) is 0.0941. The first-order valence-corrected chi connectivity index (χ1v) is 13.5. The van der Waals surface area contributed by atoms with Gasteiger partial charge in [-0.3, -0.25) is 4.79 Å². The molecular formula is C32H25BrN2O6. The molecule has 4 rings (SSSR count). The molecule has 0 heterocycles. The van der Waals surface area contributed by atoms with Crippen molar-refractivity contribution in [2.45, 2.75) is 13.8 Å². The van der Waals surface area contributed by atoms with Crippen molar-refractivity contribution in [3.05, 3.63) is 106 Å². The van der Waals surface area contributed by atoms with Gasteiger partial charge < -0.3 is 19.5 Å². The molecule has 0 bridgehead atoms. The lowest BCUT2D eigenvalue weighted by molar-refractivity contribution is -0.112. The standard InChI is InChI=1S/C32H25BrN2O6/c1-3-39-28-18-20(16-23(19-34)30(36)35-24-14-12-22(13-15-24)31(37)40-4-2)17-27(33)29(28)41-32(38)26-11-7-9-21-8-5-6-10-25(21)26/h5-18H,3-4H2,1-2H3,(H,35,36)/b23-16+. The number of hydrogen-bond acceptors (Lipinski definition) is 7. The maximum Gasteiger partial charge on any atom is 0.344 e. The van der Waals surface area contributed by atoms with Crippen LogP contribution in [-0.2, 0) is 9.53 Å². The van der Waals surface area contributed by atoms with E-state index in [2.05, 4.69) is 21.2 Å². The Bertz CT molecular complexity index is 1680. The molecule has 0 aliphatic rings. The second kappa shape index (κ2) is 13.4. The summed E-state index contributed by atoms with van der Waals surface area (Å²) in [5.41, 5.74) is 1.44. The summed E-state index contributed by atoms with van der Waals surface area (Å²) in [6, 6.07) is 24.1. The zero-order valence-electron chi connectivity index (χ0n) is 22.3. The predicted octanol–water partition coefficient (Wildman–Crippen LogP) is 6.94. The molecule has 0 spiro atoms. The van der Waals surface area contributed by atoms with E-state index in [0.717, 1.165) is 10.8 Å². The molecule has 0 radical (unpaired) electrons. The molecule has 41 heavy (non-hydrogen) atoms. The molecule has 4 aromatic carbocycles. The third-order valence-electron chi connectivity index (χ3n) is 5.87. The molecule has 0 saturated heterocycles. The molecule has 0 atom stereocenters. The number of esters is 2. The van der Waals surface area contributed by atoms with E-state index in [1.54, 1.807) is 50.2 Å². The lowest BCUT2D eigenvalue weighted by Crippen LogP contribution is -2.14. The Morgan fingerprint density at radius 2 is 1.66 bits per heavy atom. The zero-order valence-corrected chi connectivity index (χ0v) is 23.9. The lowest BCUT2D eigenvalue weighted by atomic mass is 10.0. The Morgan fingerprint density at radius 3 is 2.37 bits per heavy atom. The summed E-state index contributed by atoms with van der Waals surface area (Å²) in [6.45, 7) is 4.03. The van der Waals surface area contributed by atoms with Crippen LogP contribution in [0.25, 0.3) is 16.8 Å². The van der Waals surface area contributed by atoms with Gasteiger partial charge in [-0.25, -0.2) is 9.59 Å². The molecule has 0 unspecified atom stereocenters. The summed E-state index contributed by atoms with van der Waals surface area (Å²) in [5.74, 6) is -1.24. The minimum atomic E-state index is -0.642. The predicted molar refractivity (Wildman–Crippen MR) is 159 cm³/mol. The number of carbonyl (C=O) groups is 3. The number of nitrogens with zero attached hydrogens (tertiary/aromatic N) is 1. The van der Waals surface area contributed by atoms with Gasteiger partial charge in [0.1, 0.15) is 11.6 Å². The van der Waals surface area contributed by atoms with Gasteiger partial charge in [0.2, 0.25) is 0 Å². The summed E-state index contributed by atoms with van der Waals surface area (Å²) in [4.78, 5) is 37.8. The summed E-state index contributed by atoms with van der Waals surface area (Å²) in [6.07, 6.45) is 1.39. The minimum Gasteiger partial charge on any atom is -0.490 e. The number of anilines is 1. The van der Waals surface area contributed by atoms with Gasteiger partial charge in [-0.2, -0.15) is 5.26 Å². The molecule has 0 saturated carbocycles. The van der Waals surface area contributed by atoms with E-state index < -0.39 is 17.8 Å². The molecule has 1 N–H and O–H groups in total. The number of nitrogens with one attached hydrogen (secondary N) is 1. The number of fused-ring (bicyclic) bond motifs is 1. The van der Waals surface area contributed by atoms with Crippen molar-refractivity contribution in [2.24, 2.45) is 0 Å². The third-order valence-corrected chi connectivity index (χ3v) is 6.46. The van der Waals surface area contributed by atoms with Gasteiger partial charge in [-0.1, -0.05) is 36.4 Å². The highest BCUT2D eigenvalue weighted by Gasteiger charge is 2.19. The third kappa shape index (κ3) is 6.99. The monoisotopic (exact) mass is 612 g/mol. The van der Waals surface area contributed by atoms with Gasteiger partial charge in [0.25, 0.3) is 5.91 Å². The smallest absolute Gasteiger partial charge is 0.344 e. The number of halogens is 1. The van der Waals surface area contributed by atoms with Crippen molar-refractivity contribution in [3.8, 4) is 17.6 Å². The first-order chi connectivity index (χ1) is 19.8. The largest absolute Gasteiger partial charge is 0.490 e.